The Morgan fingerprint density at radius 2 is 1.82 bits per heavy atom. The van der Waals surface area contributed by atoms with Gasteiger partial charge in [0.2, 0.25) is 0 Å². The number of ether oxygens (including phenoxy) is 2. The van der Waals surface area contributed by atoms with Gasteiger partial charge in [0, 0.05) is 42.9 Å². The first-order valence-corrected chi connectivity index (χ1v) is 12.0. The topological polar surface area (TPSA) is 122 Å². The van der Waals surface area contributed by atoms with Crippen molar-refractivity contribution in [2.45, 2.75) is 44.3 Å². The molecule has 0 aliphatic carbocycles. The van der Waals surface area contributed by atoms with Crippen LogP contribution in [0.2, 0.25) is 0 Å². The van der Waals surface area contributed by atoms with Crippen molar-refractivity contribution in [2.24, 2.45) is 5.41 Å². The molecule has 0 spiro atoms. The molecule has 2 aromatic heterocycles. The molecule has 0 amide bonds. The van der Waals surface area contributed by atoms with Crippen LogP contribution in [0.25, 0.3) is 0 Å². The minimum atomic E-state index is -5.08. The minimum absolute atomic E-state index is 0.0730. The molecule has 16 heteroatoms. The number of carbonyl (C=O) groups is 2. The number of halogens is 6. The van der Waals surface area contributed by atoms with Gasteiger partial charge in [-0.05, 0) is 31.4 Å². The van der Waals surface area contributed by atoms with E-state index in [1.165, 1.54) is 5.01 Å². The van der Waals surface area contributed by atoms with Crippen LogP contribution in [-0.2, 0) is 20.9 Å². The summed E-state index contributed by atoms with van der Waals surface area (Å²) in [6.45, 7) is 4.58. The third kappa shape index (κ3) is 10.1. The van der Waals surface area contributed by atoms with E-state index >= 15 is 0 Å². The molecule has 2 saturated heterocycles. The third-order valence-electron chi connectivity index (χ3n) is 5.56. The number of carboxylic acid groups (broad SMARTS) is 2. The van der Waals surface area contributed by atoms with E-state index in [0.717, 1.165) is 51.3 Å². The van der Waals surface area contributed by atoms with Gasteiger partial charge in [0.05, 0.1) is 25.5 Å². The number of piperidine rings is 1. The molecule has 0 aromatic carbocycles. The van der Waals surface area contributed by atoms with Crippen molar-refractivity contribution >= 4 is 23.3 Å². The first-order chi connectivity index (χ1) is 17.7. The number of nitrogens with zero attached hydrogens (tertiary/aromatic N) is 3. The molecule has 38 heavy (non-hydrogen) atoms. The lowest BCUT2D eigenvalue weighted by Crippen LogP contribution is -2.57. The second-order valence-electron chi connectivity index (χ2n) is 8.33. The fourth-order valence-corrected chi connectivity index (χ4v) is 4.57. The Hall–Kier alpha value is -2.98. The lowest BCUT2D eigenvalue weighted by Gasteiger charge is -2.50. The van der Waals surface area contributed by atoms with Gasteiger partial charge in [-0.15, -0.1) is 11.3 Å². The van der Waals surface area contributed by atoms with Crippen LogP contribution in [0, 0.1) is 5.41 Å². The Bertz CT molecular complexity index is 985. The Morgan fingerprint density at radius 1 is 1.16 bits per heavy atom. The van der Waals surface area contributed by atoms with Gasteiger partial charge in [0.1, 0.15) is 10.8 Å². The van der Waals surface area contributed by atoms with Gasteiger partial charge in [-0.3, -0.25) is 9.88 Å². The molecule has 2 aliphatic rings. The van der Waals surface area contributed by atoms with E-state index in [4.69, 9.17) is 29.3 Å². The average Bonchev–Trinajstić information content (AvgIpc) is 3.36. The van der Waals surface area contributed by atoms with Crippen molar-refractivity contribution in [1.29, 1.82) is 0 Å². The molecule has 2 aliphatic heterocycles. The molecular formula is C22H25F6N3O6S. The van der Waals surface area contributed by atoms with Crippen molar-refractivity contribution in [2.75, 3.05) is 26.3 Å². The number of aromatic nitrogens is 2. The summed E-state index contributed by atoms with van der Waals surface area (Å²) in [6.07, 6.45) is -1.08. The zero-order chi connectivity index (χ0) is 28.4. The van der Waals surface area contributed by atoms with E-state index in [9.17, 15) is 26.3 Å². The van der Waals surface area contributed by atoms with Crippen LogP contribution in [0.3, 0.4) is 0 Å². The molecule has 0 bridgehead atoms. The molecule has 2 N–H and O–H groups in total. The summed E-state index contributed by atoms with van der Waals surface area (Å²) < 4.78 is 75.7. The SMILES string of the molecule is O=C(O)C(F)(F)F.O=C(O)C(F)(F)F.c1cncc(OCC23CCCOC2CCN(Cc2nccs2)C3)c1. The number of alkyl halides is 6. The number of fused-ring (bicyclic) bond motifs is 1. The molecule has 2 fully saturated rings. The normalized spacial score (nSPS) is 21.6. The van der Waals surface area contributed by atoms with E-state index < -0.39 is 24.3 Å². The van der Waals surface area contributed by atoms with Crippen molar-refractivity contribution < 1.29 is 55.6 Å². The monoisotopic (exact) mass is 573 g/mol. The van der Waals surface area contributed by atoms with Crippen LogP contribution >= 0.6 is 11.3 Å². The van der Waals surface area contributed by atoms with Crippen LogP contribution in [-0.4, -0.2) is 81.8 Å². The van der Waals surface area contributed by atoms with E-state index in [1.807, 2.05) is 23.7 Å². The highest BCUT2D eigenvalue weighted by Crippen LogP contribution is 2.41. The van der Waals surface area contributed by atoms with Crippen LogP contribution in [0.15, 0.2) is 36.1 Å². The van der Waals surface area contributed by atoms with Crippen molar-refractivity contribution in [1.82, 2.24) is 14.9 Å². The molecule has 4 rings (SSSR count). The van der Waals surface area contributed by atoms with Gasteiger partial charge in [-0.25, -0.2) is 14.6 Å². The summed E-state index contributed by atoms with van der Waals surface area (Å²) >= 11 is 1.73. The highest BCUT2D eigenvalue weighted by Gasteiger charge is 2.46. The fourth-order valence-electron chi connectivity index (χ4n) is 3.91. The van der Waals surface area contributed by atoms with Crippen molar-refractivity contribution in [3.05, 3.63) is 41.1 Å². The summed E-state index contributed by atoms with van der Waals surface area (Å²) in [5.74, 6) is -4.67. The van der Waals surface area contributed by atoms with Gasteiger partial charge >= 0.3 is 24.3 Å². The number of thiazole rings is 1. The quantitative estimate of drug-likeness (QED) is 0.506. The Morgan fingerprint density at radius 3 is 2.34 bits per heavy atom. The Kier molecular flexibility index (Phi) is 11.3. The Balaban J connectivity index is 0.000000301. The summed E-state index contributed by atoms with van der Waals surface area (Å²) in [6, 6.07) is 3.88. The van der Waals surface area contributed by atoms with Crippen LogP contribution < -0.4 is 4.74 Å². The maximum atomic E-state index is 10.6. The maximum absolute atomic E-state index is 10.6. The fraction of sp³-hybridized carbons (Fsp3) is 0.545. The number of rotatable bonds is 5. The predicted molar refractivity (Wildman–Crippen MR) is 121 cm³/mol. The molecule has 0 saturated carbocycles. The van der Waals surface area contributed by atoms with Gasteiger partial charge < -0.3 is 19.7 Å². The van der Waals surface area contributed by atoms with Crippen molar-refractivity contribution in [3.63, 3.8) is 0 Å². The van der Waals surface area contributed by atoms with Crippen LogP contribution in [0.4, 0.5) is 26.3 Å². The van der Waals surface area contributed by atoms with Gasteiger partial charge in [0.25, 0.3) is 0 Å². The van der Waals surface area contributed by atoms with E-state index in [0.29, 0.717) is 12.7 Å². The first-order valence-electron chi connectivity index (χ1n) is 11.1. The van der Waals surface area contributed by atoms with Gasteiger partial charge in [-0.2, -0.15) is 26.3 Å². The average molecular weight is 574 g/mol. The summed E-state index contributed by atoms with van der Waals surface area (Å²) in [5.41, 5.74) is 0.0730. The highest BCUT2D eigenvalue weighted by molar-refractivity contribution is 7.09. The summed E-state index contributed by atoms with van der Waals surface area (Å²) in [7, 11) is 0. The lowest BCUT2D eigenvalue weighted by atomic mass is 9.73. The molecule has 2 unspecified atom stereocenters. The molecule has 2 aromatic rings. The number of carboxylic acids is 2. The van der Waals surface area contributed by atoms with Gasteiger partial charge in [-0.1, -0.05) is 0 Å². The first kappa shape index (κ1) is 31.2. The van der Waals surface area contributed by atoms with Crippen LogP contribution in [0.1, 0.15) is 24.3 Å². The number of pyridine rings is 1. The number of hydrogen-bond donors (Lipinski definition) is 2. The molecule has 0 radical (unpaired) electrons. The van der Waals surface area contributed by atoms with E-state index in [-0.39, 0.29) is 5.41 Å². The second kappa shape index (κ2) is 13.7. The molecule has 9 nitrogen and oxygen atoms in total. The standard InChI is InChI=1S/C18H23N3O2S.2C2HF3O2/c1-3-15(11-19-6-1)23-14-18-5-2-9-22-16(18)4-8-21(13-18)12-17-20-7-10-24-17;2*3-2(4,5)1(6)7/h1,3,6-7,10-11,16H,2,4-5,8-9,12-14H2;2*(H,6,7). The lowest BCUT2D eigenvalue weighted by molar-refractivity contribution is -0.193. The molecule has 212 valence electrons. The number of aliphatic carboxylic acids is 2. The largest absolute Gasteiger partial charge is 0.491 e. The summed E-state index contributed by atoms with van der Waals surface area (Å²) in [4.78, 5) is 28.9. The Labute approximate surface area is 217 Å². The highest BCUT2D eigenvalue weighted by atomic mass is 32.1. The molecular weight excluding hydrogens is 548 g/mol. The number of hydrogen-bond acceptors (Lipinski definition) is 8. The van der Waals surface area contributed by atoms with Crippen molar-refractivity contribution in [3.8, 4) is 5.75 Å². The summed E-state index contributed by atoms with van der Waals surface area (Å²) in [5, 5.41) is 17.5. The smallest absolute Gasteiger partial charge is 0.490 e. The minimum Gasteiger partial charge on any atom is -0.491 e. The van der Waals surface area contributed by atoms with E-state index in [1.54, 1.807) is 23.7 Å². The van der Waals surface area contributed by atoms with Crippen LogP contribution in [0.5, 0.6) is 5.75 Å². The maximum Gasteiger partial charge on any atom is 0.490 e. The third-order valence-corrected chi connectivity index (χ3v) is 6.32. The molecule has 4 heterocycles. The zero-order valence-corrected chi connectivity index (χ0v) is 20.6. The predicted octanol–water partition coefficient (Wildman–Crippen LogP) is 4.25. The zero-order valence-electron chi connectivity index (χ0n) is 19.7. The second-order valence-corrected chi connectivity index (χ2v) is 9.31. The molecule has 2 atom stereocenters. The number of likely N-dealkylation sites (tertiary alicyclic amines) is 1. The van der Waals surface area contributed by atoms with Gasteiger partial charge in [0.15, 0.2) is 0 Å². The van der Waals surface area contributed by atoms with E-state index in [2.05, 4.69) is 14.9 Å².